The molecule has 26 heavy (non-hydrogen) atoms. The Hall–Kier alpha value is -2.49. The highest BCUT2D eigenvalue weighted by molar-refractivity contribution is 5.80. The van der Waals surface area contributed by atoms with Crippen LogP contribution in [0.25, 0.3) is 0 Å². The van der Waals surface area contributed by atoms with Gasteiger partial charge < -0.3 is 9.47 Å². The van der Waals surface area contributed by atoms with Crippen LogP contribution in [0.5, 0.6) is 5.75 Å². The van der Waals surface area contributed by atoms with Gasteiger partial charge in [0.1, 0.15) is 12.4 Å². The minimum Gasteiger partial charge on any atom is -0.496 e. The summed E-state index contributed by atoms with van der Waals surface area (Å²) in [5.74, 6) is -2.61. The number of halogens is 4. The van der Waals surface area contributed by atoms with Crippen LogP contribution in [-0.4, -0.2) is 47.2 Å². The molecule has 0 N–H and O–H groups in total. The maximum absolute atomic E-state index is 12.9. The van der Waals surface area contributed by atoms with Crippen molar-refractivity contribution in [1.82, 2.24) is 14.9 Å². The van der Waals surface area contributed by atoms with Crippen molar-refractivity contribution < 1.29 is 27.0 Å². The van der Waals surface area contributed by atoms with Crippen molar-refractivity contribution in [2.45, 2.75) is 32.8 Å². The molecule has 0 unspecified atom stereocenters. The average molecular weight is 374 g/mol. The molecule has 10 heteroatoms. The van der Waals surface area contributed by atoms with Crippen LogP contribution in [0.2, 0.25) is 0 Å². The van der Waals surface area contributed by atoms with Gasteiger partial charge in [0.2, 0.25) is 0 Å². The van der Waals surface area contributed by atoms with Gasteiger partial charge in [0.15, 0.2) is 11.6 Å². The first-order chi connectivity index (χ1) is 12.2. The standard InChI is InChI=1S/C16H18F4N4O2/c1-10-22-23-11(2)24(10)21-7-12-4-5-14(25-3)13(6-12)8-26-9-16(19,20)15(17)18/h4-7,15H,8-9H2,1-3H3/b21-7+. The molecule has 0 aliphatic heterocycles. The van der Waals surface area contributed by atoms with Crippen LogP contribution in [0.1, 0.15) is 22.8 Å². The lowest BCUT2D eigenvalue weighted by molar-refractivity contribution is -0.168. The number of ether oxygens (including phenoxy) is 2. The molecule has 0 radical (unpaired) electrons. The molecule has 1 heterocycles. The van der Waals surface area contributed by atoms with Gasteiger partial charge in [-0.25, -0.2) is 13.5 Å². The summed E-state index contributed by atoms with van der Waals surface area (Å²) >= 11 is 0. The van der Waals surface area contributed by atoms with Crippen LogP contribution in [0.15, 0.2) is 23.3 Å². The van der Waals surface area contributed by atoms with E-state index in [0.29, 0.717) is 28.5 Å². The largest absolute Gasteiger partial charge is 0.496 e. The van der Waals surface area contributed by atoms with Gasteiger partial charge in [0.25, 0.3) is 0 Å². The monoisotopic (exact) mass is 374 g/mol. The molecule has 0 aliphatic carbocycles. The molecule has 1 aromatic heterocycles. The van der Waals surface area contributed by atoms with Crippen LogP contribution >= 0.6 is 0 Å². The molecular weight excluding hydrogens is 356 g/mol. The van der Waals surface area contributed by atoms with E-state index in [2.05, 4.69) is 15.3 Å². The Balaban J connectivity index is 2.13. The summed E-state index contributed by atoms with van der Waals surface area (Å²) in [4.78, 5) is 0. The first kappa shape index (κ1) is 19.8. The van der Waals surface area contributed by atoms with Crippen molar-refractivity contribution >= 4 is 6.21 Å². The zero-order chi connectivity index (χ0) is 19.3. The predicted molar refractivity (Wildman–Crippen MR) is 86.1 cm³/mol. The fourth-order valence-corrected chi connectivity index (χ4v) is 2.11. The molecule has 0 amide bonds. The maximum atomic E-state index is 12.9. The average Bonchev–Trinajstić information content (AvgIpc) is 2.91. The van der Waals surface area contributed by atoms with Crippen molar-refractivity contribution in [3.8, 4) is 5.75 Å². The second-order valence-corrected chi connectivity index (χ2v) is 5.48. The third-order valence-electron chi connectivity index (χ3n) is 3.45. The first-order valence-electron chi connectivity index (χ1n) is 7.58. The van der Waals surface area contributed by atoms with Gasteiger partial charge in [-0.1, -0.05) is 0 Å². The van der Waals surface area contributed by atoms with E-state index in [9.17, 15) is 17.6 Å². The summed E-state index contributed by atoms with van der Waals surface area (Å²) in [5.41, 5.74) is 1.07. The number of hydrogen-bond donors (Lipinski definition) is 0. The van der Waals surface area contributed by atoms with Crippen molar-refractivity contribution in [1.29, 1.82) is 0 Å². The highest BCUT2D eigenvalue weighted by atomic mass is 19.3. The lowest BCUT2D eigenvalue weighted by Crippen LogP contribution is -2.32. The fraction of sp³-hybridized carbons (Fsp3) is 0.438. The number of aromatic nitrogens is 3. The number of methoxy groups -OCH3 is 1. The Kier molecular flexibility index (Phi) is 6.30. The highest BCUT2D eigenvalue weighted by Gasteiger charge is 2.40. The van der Waals surface area contributed by atoms with Gasteiger partial charge >= 0.3 is 12.3 Å². The van der Waals surface area contributed by atoms with Gasteiger partial charge in [-0.05, 0) is 37.6 Å². The minimum atomic E-state index is -4.20. The van der Waals surface area contributed by atoms with E-state index in [0.717, 1.165) is 0 Å². The molecule has 0 fully saturated rings. The normalized spacial score (nSPS) is 12.3. The second kappa shape index (κ2) is 8.26. The van der Waals surface area contributed by atoms with E-state index >= 15 is 0 Å². The molecule has 2 rings (SSSR count). The van der Waals surface area contributed by atoms with Crippen LogP contribution in [0.4, 0.5) is 17.6 Å². The summed E-state index contributed by atoms with van der Waals surface area (Å²) < 4.78 is 61.6. The Morgan fingerprint density at radius 3 is 2.46 bits per heavy atom. The number of hydrogen-bond acceptors (Lipinski definition) is 5. The highest BCUT2D eigenvalue weighted by Crippen LogP contribution is 2.25. The van der Waals surface area contributed by atoms with E-state index in [1.165, 1.54) is 18.0 Å². The number of nitrogens with zero attached hydrogens (tertiary/aromatic N) is 4. The van der Waals surface area contributed by atoms with E-state index in [1.807, 2.05) is 0 Å². The third-order valence-corrected chi connectivity index (χ3v) is 3.45. The van der Waals surface area contributed by atoms with Crippen LogP contribution < -0.4 is 4.74 Å². The Morgan fingerprint density at radius 1 is 1.23 bits per heavy atom. The first-order valence-corrected chi connectivity index (χ1v) is 7.58. The van der Waals surface area contributed by atoms with Gasteiger partial charge in [-0.15, -0.1) is 10.2 Å². The van der Waals surface area contributed by atoms with E-state index < -0.39 is 19.0 Å². The van der Waals surface area contributed by atoms with Gasteiger partial charge in [0, 0.05) is 5.56 Å². The smallest absolute Gasteiger partial charge is 0.330 e. The lowest BCUT2D eigenvalue weighted by atomic mass is 10.1. The molecule has 0 atom stereocenters. The summed E-state index contributed by atoms with van der Waals surface area (Å²) in [7, 11) is 1.41. The predicted octanol–water partition coefficient (Wildman–Crippen LogP) is 3.20. The van der Waals surface area contributed by atoms with Gasteiger partial charge in [-0.3, -0.25) is 0 Å². The Bertz CT molecular complexity index is 758. The van der Waals surface area contributed by atoms with Crippen LogP contribution in [0.3, 0.4) is 0 Å². The number of benzene rings is 1. The molecule has 2 aromatic rings. The molecule has 6 nitrogen and oxygen atoms in total. The van der Waals surface area contributed by atoms with Crippen molar-refractivity contribution in [2.75, 3.05) is 13.7 Å². The zero-order valence-electron chi connectivity index (χ0n) is 14.4. The maximum Gasteiger partial charge on any atom is 0.330 e. The van der Waals surface area contributed by atoms with Crippen LogP contribution in [-0.2, 0) is 11.3 Å². The second-order valence-electron chi connectivity index (χ2n) is 5.48. The van der Waals surface area contributed by atoms with Crippen molar-refractivity contribution in [3.63, 3.8) is 0 Å². The summed E-state index contributed by atoms with van der Waals surface area (Å²) in [6.07, 6.45) is -2.25. The van der Waals surface area contributed by atoms with Crippen LogP contribution in [0, 0.1) is 13.8 Å². The minimum absolute atomic E-state index is 0.308. The third kappa shape index (κ3) is 4.78. The number of aryl methyl sites for hydroxylation is 2. The summed E-state index contributed by atoms with van der Waals surface area (Å²) in [5, 5.41) is 12.0. The topological polar surface area (TPSA) is 61.5 Å². The molecular formula is C16H18F4N4O2. The molecule has 0 spiro atoms. The van der Waals surface area contributed by atoms with E-state index in [-0.39, 0.29) is 6.61 Å². The molecule has 142 valence electrons. The van der Waals surface area contributed by atoms with Crippen molar-refractivity contribution in [3.05, 3.63) is 41.0 Å². The van der Waals surface area contributed by atoms with Gasteiger partial charge in [0.05, 0.1) is 19.9 Å². The zero-order valence-corrected chi connectivity index (χ0v) is 14.4. The fourth-order valence-electron chi connectivity index (χ4n) is 2.11. The quantitative estimate of drug-likeness (QED) is 0.526. The Labute approximate surface area is 147 Å². The summed E-state index contributed by atoms with van der Waals surface area (Å²) in [6, 6.07) is 4.92. The molecule has 0 aliphatic rings. The summed E-state index contributed by atoms with van der Waals surface area (Å²) in [6.45, 7) is 1.80. The molecule has 0 saturated heterocycles. The SMILES string of the molecule is COc1ccc(/C=N/n2c(C)nnc2C)cc1COCC(F)(F)C(F)F. The molecule has 0 saturated carbocycles. The number of rotatable bonds is 8. The van der Waals surface area contributed by atoms with E-state index in [4.69, 9.17) is 9.47 Å². The van der Waals surface area contributed by atoms with Gasteiger partial charge in [-0.2, -0.15) is 13.9 Å². The Morgan fingerprint density at radius 2 is 1.88 bits per heavy atom. The van der Waals surface area contributed by atoms with E-state index in [1.54, 1.807) is 32.0 Å². The molecule has 0 bridgehead atoms. The number of alkyl halides is 4. The lowest BCUT2D eigenvalue weighted by Gasteiger charge is -2.16. The molecule has 1 aromatic carbocycles. The van der Waals surface area contributed by atoms with Crippen molar-refractivity contribution in [2.24, 2.45) is 5.10 Å².